The molecule has 2 N–H and O–H groups in total. The summed E-state index contributed by atoms with van der Waals surface area (Å²) < 4.78 is 13.6. The van der Waals surface area contributed by atoms with Crippen LogP contribution in [-0.4, -0.2) is 4.98 Å². The van der Waals surface area contributed by atoms with E-state index in [0.29, 0.717) is 5.69 Å². The van der Waals surface area contributed by atoms with Gasteiger partial charge in [0.05, 0.1) is 5.56 Å². The van der Waals surface area contributed by atoms with E-state index < -0.39 is 5.95 Å². The molecule has 0 amide bonds. The lowest BCUT2D eigenvalue weighted by Crippen LogP contribution is -1.99. The first-order valence-corrected chi connectivity index (χ1v) is 5.38. The van der Waals surface area contributed by atoms with Crippen molar-refractivity contribution in [1.82, 2.24) is 4.98 Å². The van der Waals surface area contributed by atoms with Gasteiger partial charge in [-0.05, 0) is 23.6 Å². The first-order chi connectivity index (χ1) is 8.04. The number of fused-ring (bicyclic) bond motifs is 1. The van der Waals surface area contributed by atoms with Crippen LogP contribution >= 0.6 is 0 Å². The number of hydrogen-bond donors (Lipinski definition) is 1. The monoisotopic (exact) mass is 228 g/mol. The molecule has 0 saturated heterocycles. The smallest absolute Gasteiger partial charge is 0.229 e. The third-order valence-corrected chi connectivity index (χ3v) is 2.76. The van der Waals surface area contributed by atoms with Crippen LogP contribution in [0.15, 0.2) is 18.3 Å². The molecule has 3 heteroatoms. The van der Waals surface area contributed by atoms with Crippen LogP contribution in [0.2, 0.25) is 0 Å². The summed E-state index contributed by atoms with van der Waals surface area (Å²) in [5.74, 6) is 1.99. The van der Waals surface area contributed by atoms with Crippen molar-refractivity contribution in [2.24, 2.45) is 0 Å². The van der Waals surface area contributed by atoms with Crippen LogP contribution in [0.25, 0.3) is 10.8 Å². The van der Waals surface area contributed by atoms with E-state index in [2.05, 4.69) is 10.9 Å². The summed E-state index contributed by atoms with van der Waals surface area (Å²) in [7, 11) is 0. The molecule has 1 aromatic carbocycles. The fourth-order valence-electron chi connectivity index (χ4n) is 1.98. The molecule has 0 saturated carbocycles. The Morgan fingerprint density at radius 3 is 2.71 bits per heavy atom. The summed E-state index contributed by atoms with van der Waals surface area (Å²) in [4.78, 5) is 3.65. The summed E-state index contributed by atoms with van der Waals surface area (Å²) in [6.07, 6.45) is 6.83. The molecule has 1 heterocycles. The fraction of sp³-hybridized carbons (Fsp3) is 0.214. The summed E-state index contributed by atoms with van der Waals surface area (Å²) in [6, 6.07) is 3.60. The maximum Gasteiger partial charge on any atom is 0.229 e. The molecule has 86 valence electrons. The van der Waals surface area contributed by atoms with Crippen molar-refractivity contribution < 1.29 is 4.39 Å². The Bertz CT molecular complexity index is 624. The molecule has 0 radical (unpaired) electrons. The van der Waals surface area contributed by atoms with Crippen LogP contribution in [0.4, 0.5) is 10.1 Å². The number of nitrogen functional groups attached to an aromatic ring is 1. The maximum absolute atomic E-state index is 13.6. The lowest BCUT2D eigenvalue weighted by Gasteiger charge is -2.13. The van der Waals surface area contributed by atoms with Crippen LogP contribution in [0.3, 0.4) is 0 Å². The molecule has 0 aliphatic carbocycles. The molecular weight excluding hydrogens is 215 g/mol. The van der Waals surface area contributed by atoms with E-state index in [1.165, 1.54) is 6.20 Å². The first-order valence-electron chi connectivity index (χ1n) is 5.38. The number of halogens is 1. The molecular formula is C14H13FN2. The van der Waals surface area contributed by atoms with Gasteiger partial charge in [-0.2, -0.15) is 4.39 Å². The van der Waals surface area contributed by atoms with Gasteiger partial charge in [0.2, 0.25) is 5.95 Å². The number of benzene rings is 1. The average Bonchev–Trinajstić information content (AvgIpc) is 2.28. The normalized spacial score (nSPS) is 10.8. The molecule has 0 aliphatic heterocycles. The van der Waals surface area contributed by atoms with E-state index in [1.54, 1.807) is 6.07 Å². The van der Waals surface area contributed by atoms with E-state index in [-0.39, 0.29) is 11.5 Å². The van der Waals surface area contributed by atoms with Gasteiger partial charge in [-0.25, -0.2) is 4.98 Å². The Kier molecular flexibility index (Phi) is 2.72. The predicted octanol–water partition coefficient (Wildman–Crippen LogP) is 3.06. The van der Waals surface area contributed by atoms with E-state index >= 15 is 0 Å². The van der Waals surface area contributed by atoms with Crippen LogP contribution in [-0.2, 0) is 0 Å². The molecule has 0 aliphatic rings. The summed E-state index contributed by atoms with van der Waals surface area (Å²) in [5.41, 5.74) is 7.62. The van der Waals surface area contributed by atoms with Crippen molar-refractivity contribution in [3.05, 3.63) is 35.4 Å². The zero-order valence-electron chi connectivity index (χ0n) is 9.79. The van der Waals surface area contributed by atoms with Gasteiger partial charge in [0.1, 0.15) is 0 Å². The van der Waals surface area contributed by atoms with Gasteiger partial charge < -0.3 is 5.73 Å². The molecule has 0 atom stereocenters. The molecule has 1 aromatic heterocycles. The number of pyridine rings is 1. The van der Waals surface area contributed by atoms with E-state index in [1.807, 2.05) is 19.9 Å². The second-order valence-electron chi connectivity index (χ2n) is 4.30. The van der Waals surface area contributed by atoms with Crippen LogP contribution < -0.4 is 5.73 Å². The van der Waals surface area contributed by atoms with Crippen molar-refractivity contribution in [3.8, 4) is 12.3 Å². The number of terminal acetylenes is 1. The van der Waals surface area contributed by atoms with Gasteiger partial charge >= 0.3 is 0 Å². The minimum absolute atomic E-state index is 0.214. The Balaban J connectivity index is 2.98. The standard InChI is InChI=1S/C14H13FN2/c1-4-11-13-9(7-17-14(11)15)5-10(16)6-12(13)8(2)3/h1,5-8H,16H2,2-3H3. The van der Waals surface area contributed by atoms with Gasteiger partial charge in [-0.1, -0.05) is 19.8 Å². The number of anilines is 1. The Morgan fingerprint density at radius 2 is 2.12 bits per heavy atom. The Hall–Kier alpha value is -2.08. The molecule has 0 fully saturated rings. The summed E-state index contributed by atoms with van der Waals surface area (Å²) in [5, 5.41) is 1.52. The third-order valence-electron chi connectivity index (χ3n) is 2.76. The molecule has 0 bridgehead atoms. The predicted molar refractivity (Wildman–Crippen MR) is 68.1 cm³/mol. The van der Waals surface area contributed by atoms with Crippen molar-refractivity contribution in [2.45, 2.75) is 19.8 Å². The van der Waals surface area contributed by atoms with E-state index in [9.17, 15) is 4.39 Å². The number of nitrogens with zero attached hydrogens (tertiary/aromatic N) is 1. The van der Waals surface area contributed by atoms with E-state index in [0.717, 1.165) is 16.3 Å². The lowest BCUT2D eigenvalue weighted by molar-refractivity contribution is 0.583. The number of nitrogens with two attached hydrogens (primary N) is 1. The number of aromatic nitrogens is 1. The molecule has 2 rings (SSSR count). The molecule has 0 spiro atoms. The summed E-state index contributed by atoms with van der Waals surface area (Å²) >= 11 is 0. The number of hydrogen-bond acceptors (Lipinski definition) is 2. The maximum atomic E-state index is 13.6. The highest BCUT2D eigenvalue weighted by molar-refractivity contribution is 5.93. The zero-order valence-corrected chi connectivity index (χ0v) is 9.79. The summed E-state index contributed by atoms with van der Waals surface area (Å²) in [6.45, 7) is 4.04. The van der Waals surface area contributed by atoms with Crippen molar-refractivity contribution in [2.75, 3.05) is 5.73 Å². The van der Waals surface area contributed by atoms with Crippen LogP contribution in [0, 0.1) is 18.3 Å². The van der Waals surface area contributed by atoms with Gasteiger partial charge in [0, 0.05) is 22.7 Å². The van der Waals surface area contributed by atoms with Gasteiger partial charge in [-0.15, -0.1) is 6.42 Å². The van der Waals surface area contributed by atoms with Crippen molar-refractivity contribution >= 4 is 16.5 Å². The van der Waals surface area contributed by atoms with Crippen molar-refractivity contribution in [3.63, 3.8) is 0 Å². The molecule has 2 nitrogen and oxygen atoms in total. The zero-order chi connectivity index (χ0) is 12.6. The highest BCUT2D eigenvalue weighted by Crippen LogP contribution is 2.30. The average molecular weight is 228 g/mol. The topological polar surface area (TPSA) is 38.9 Å². The largest absolute Gasteiger partial charge is 0.399 e. The molecule has 17 heavy (non-hydrogen) atoms. The molecule has 0 unspecified atom stereocenters. The molecule has 2 aromatic rings. The highest BCUT2D eigenvalue weighted by Gasteiger charge is 2.13. The van der Waals surface area contributed by atoms with E-state index in [4.69, 9.17) is 12.2 Å². The lowest BCUT2D eigenvalue weighted by atomic mass is 9.93. The van der Waals surface area contributed by atoms with Gasteiger partial charge in [0.15, 0.2) is 0 Å². The van der Waals surface area contributed by atoms with Gasteiger partial charge in [-0.3, -0.25) is 0 Å². The SMILES string of the molecule is C#Cc1c(F)ncc2cc(N)cc(C(C)C)c12. The van der Waals surface area contributed by atoms with Crippen molar-refractivity contribution in [1.29, 1.82) is 0 Å². The van der Waals surface area contributed by atoms with Crippen LogP contribution in [0.1, 0.15) is 30.9 Å². The van der Waals surface area contributed by atoms with Gasteiger partial charge in [0.25, 0.3) is 0 Å². The third kappa shape index (κ3) is 1.83. The first kappa shape index (κ1) is 11.4. The Morgan fingerprint density at radius 1 is 1.41 bits per heavy atom. The highest BCUT2D eigenvalue weighted by atomic mass is 19.1. The van der Waals surface area contributed by atoms with Crippen LogP contribution in [0.5, 0.6) is 0 Å². The second-order valence-corrected chi connectivity index (χ2v) is 4.30. The Labute approximate surface area is 99.7 Å². The minimum Gasteiger partial charge on any atom is -0.399 e. The minimum atomic E-state index is -0.605. The second kappa shape index (κ2) is 4.06. The fourth-order valence-corrected chi connectivity index (χ4v) is 1.98. The number of rotatable bonds is 1. The quantitative estimate of drug-likeness (QED) is 0.463.